The summed E-state index contributed by atoms with van der Waals surface area (Å²) in [6.07, 6.45) is 1.38. The van der Waals surface area contributed by atoms with Gasteiger partial charge in [-0.05, 0) is 31.5 Å². The number of carbonyl (C=O) groups is 2. The van der Waals surface area contributed by atoms with E-state index in [1.165, 1.54) is 10.9 Å². The van der Waals surface area contributed by atoms with E-state index in [9.17, 15) is 14.4 Å². The number of nitrogens with one attached hydrogen (secondary N) is 1. The molecule has 3 rings (SSSR count). The van der Waals surface area contributed by atoms with E-state index in [-0.39, 0.29) is 31.0 Å². The van der Waals surface area contributed by atoms with Crippen LogP contribution in [0.15, 0.2) is 29.3 Å². The maximum atomic E-state index is 12.8. The average molecular weight is 454 g/mol. The molecule has 152 valence electrons. The highest BCUT2D eigenvalue weighted by Gasteiger charge is 2.20. The highest BCUT2D eigenvalue weighted by Crippen LogP contribution is 2.30. The topological polar surface area (TPSA) is 90.3 Å². The molecule has 0 spiro atoms. The van der Waals surface area contributed by atoms with E-state index < -0.39 is 5.97 Å². The van der Waals surface area contributed by atoms with Crippen LogP contribution in [0.3, 0.4) is 0 Å². The highest BCUT2D eigenvalue weighted by molar-refractivity contribution is 7.20. The lowest BCUT2D eigenvalue weighted by Crippen LogP contribution is -2.23. The van der Waals surface area contributed by atoms with Crippen LogP contribution in [-0.4, -0.2) is 28.0 Å². The van der Waals surface area contributed by atoms with Crippen LogP contribution in [0.4, 0.5) is 5.69 Å². The van der Waals surface area contributed by atoms with Gasteiger partial charge in [-0.1, -0.05) is 29.3 Å². The summed E-state index contributed by atoms with van der Waals surface area (Å²) in [5, 5.41) is 3.66. The van der Waals surface area contributed by atoms with Gasteiger partial charge >= 0.3 is 5.97 Å². The quantitative estimate of drug-likeness (QED) is 0.562. The number of amides is 1. The zero-order chi connectivity index (χ0) is 21.1. The summed E-state index contributed by atoms with van der Waals surface area (Å²) in [5.41, 5.74) is 0.542. The summed E-state index contributed by atoms with van der Waals surface area (Å²) in [6.45, 7) is 3.76. The van der Waals surface area contributed by atoms with E-state index in [0.717, 1.165) is 11.3 Å². The molecule has 0 aliphatic heterocycles. The smallest absolute Gasteiger partial charge is 0.348 e. The van der Waals surface area contributed by atoms with Gasteiger partial charge < -0.3 is 10.1 Å². The first-order valence-electron chi connectivity index (χ1n) is 8.73. The predicted molar refractivity (Wildman–Crippen MR) is 114 cm³/mol. The molecule has 0 saturated heterocycles. The van der Waals surface area contributed by atoms with Crippen molar-refractivity contribution in [1.29, 1.82) is 0 Å². The number of para-hydroxylation sites is 1. The molecule has 1 aromatic carbocycles. The molecule has 7 nitrogen and oxygen atoms in total. The van der Waals surface area contributed by atoms with E-state index in [1.54, 1.807) is 32.0 Å². The third-order valence-electron chi connectivity index (χ3n) is 4.19. The second kappa shape index (κ2) is 8.94. The fourth-order valence-corrected chi connectivity index (χ4v) is 4.28. The molecular weight excluding hydrogens is 437 g/mol. The minimum absolute atomic E-state index is 0.0164. The van der Waals surface area contributed by atoms with Crippen molar-refractivity contribution in [2.75, 3.05) is 11.9 Å². The molecule has 0 aliphatic rings. The molecule has 0 bridgehead atoms. The monoisotopic (exact) mass is 453 g/mol. The number of carbonyl (C=O) groups excluding carboxylic acids is 2. The summed E-state index contributed by atoms with van der Waals surface area (Å²) < 4.78 is 6.36. The van der Waals surface area contributed by atoms with Gasteiger partial charge in [-0.3, -0.25) is 14.2 Å². The number of ether oxygens (including phenoxy) is 1. The SMILES string of the molecule is CCOC(=O)c1sc2ncn(CCC(=O)Nc3c(Cl)cccc3Cl)c(=O)c2c1C. The lowest BCUT2D eigenvalue weighted by atomic mass is 10.2. The molecule has 2 aromatic heterocycles. The number of aromatic nitrogens is 2. The Kier molecular flexibility index (Phi) is 6.56. The van der Waals surface area contributed by atoms with Crippen molar-refractivity contribution in [1.82, 2.24) is 9.55 Å². The maximum absolute atomic E-state index is 12.8. The van der Waals surface area contributed by atoms with Crippen molar-refractivity contribution in [3.63, 3.8) is 0 Å². The molecule has 0 radical (unpaired) electrons. The third-order valence-corrected chi connectivity index (χ3v) is 5.99. The number of hydrogen-bond acceptors (Lipinski definition) is 6. The lowest BCUT2D eigenvalue weighted by molar-refractivity contribution is -0.116. The van der Waals surface area contributed by atoms with Crippen LogP contribution >= 0.6 is 34.5 Å². The molecule has 0 saturated carbocycles. The number of thiophene rings is 1. The number of anilines is 1. The van der Waals surface area contributed by atoms with E-state index >= 15 is 0 Å². The lowest BCUT2D eigenvalue weighted by Gasteiger charge is -2.10. The van der Waals surface area contributed by atoms with Gasteiger partial charge in [-0.15, -0.1) is 11.3 Å². The minimum atomic E-state index is -0.477. The standard InChI is InChI=1S/C19H17Cl2N3O4S/c1-3-28-19(27)16-10(2)14-17(29-16)22-9-24(18(14)26)8-7-13(25)23-15-11(20)5-4-6-12(15)21/h4-6,9H,3,7-8H2,1-2H3,(H,23,25). The molecule has 0 unspecified atom stereocenters. The van der Waals surface area contributed by atoms with Gasteiger partial charge in [0.05, 0.1) is 34.1 Å². The van der Waals surface area contributed by atoms with E-state index in [0.29, 0.717) is 36.4 Å². The van der Waals surface area contributed by atoms with Gasteiger partial charge in [0.2, 0.25) is 5.91 Å². The molecule has 1 N–H and O–H groups in total. The number of nitrogens with zero attached hydrogens (tertiary/aromatic N) is 2. The van der Waals surface area contributed by atoms with Crippen LogP contribution in [0.2, 0.25) is 10.0 Å². The second-order valence-electron chi connectivity index (χ2n) is 6.09. The van der Waals surface area contributed by atoms with Crippen LogP contribution in [0.1, 0.15) is 28.6 Å². The summed E-state index contributed by atoms with van der Waals surface area (Å²) in [4.78, 5) is 42.2. The predicted octanol–water partition coefficient (Wildman–Crippen LogP) is 4.28. The van der Waals surface area contributed by atoms with Crippen molar-refractivity contribution >= 4 is 62.3 Å². The third kappa shape index (κ3) is 4.44. The second-order valence-corrected chi connectivity index (χ2v) is 7.91. The van der Waals surface area contributed by atoms with Crippen molar-refractivity contribution in [3.8, 4) is 0 Å². The van der Waals surface area contributed by atoms with E-state index in [4.69, 9.17) is 27.9 Å². The first kappa shape index (κ1) is 21.3. The Morgan fingerprint density at radius 2 is 1.97 bits per heavy atom. The van der Waals surface area contributed by atoms with Gasteiger partial charge in [0.15, 0.2) is 0 Å². The Balaban J connectivity index is 1.79. The van der Waals surface area contributed by atoms with Gasteiger partial charge in [-0.25, -0.2) is 9.78 Å². The average Bonchev–Trinajstić information content (AvgIpc) is 3.02. The number of fused-ring (bicyclic) bond motifs is 1. The minimum Gasteiger partial charge on any atom is -0.462 e. The summed E-state index contributed by atoms with van der Waals surface area (Å²) in [7, 11) is 0. The fourth-order valence-electron chi connectivity index (χ4n) is 2.75. The maximum Gasteiger partial charge on any atom is 0.348 e. The zero-order valence-corrected chi connectivity index (χ0v) is 18.0. The van der Waals surface area contributed by atoms with Crippen LogP contribution in [0, 0.1) is 6.92 Å². The van der Waals surface area contributed by atoms with Crippen molar-refractivity contribution in [2.45, 2.75) is 26.8 Å². The Morgan fingerprint density at radius 1 is 1.28 bits per heavy atom. The van der Waals surface area contributed by atoms with Crippen LogP contribution in [0.5, 0.6) is 0 Å². The number of halogens is 2. The van der Waals surface area contributed by atoms with E-state index in [2.05, 4.69) is 10.3 Å². The van der Waals surface area contributed by atoms with E-state index in [1.807, 2.05) is 0 Å². The number of benzene rings is 1. The first-order chi connectivity index (χ1) is 13.8. The molecule has 10 heteroatoms. The summed E-state index contributed by atoms with van der Waals surface area (Å²) in [6, 6.07) is 4.91. The first-order valence-corrected chi connectivity index (χ1v) is 10.3. The number of aryl methyl sites for hydroxylation is 2. The molecule has 0 atom stereocenters. The van der Waals surface area contributed by atoms with Gasteiger partial charge in [0.1, 0.15) is 9.71 Å². The molecule has 2 heterocycles. The van der Waals surface area contributed by atoms with Crippen LogP contribution in [0.25, 0.3) is 10.2 Å². The van der Waals surface area contributed by atoms with Gasteiger partial charge in [-0.2, -0.15) is 0 Å². The zero-order valence-electron chi connectivity index (χ0n) is 15.6. The van der Waals surface area contributed by atoms with Gasteiger partial charge in [0.25, 0.3) is 5.56 Å². The summed E-state index contributed by atoms with van der Waals surface area (Å²) in [5.74, 6) is -0.823. The largest absolute Gasteiger partial charge is 0.462 e. The number of hydrogen-bond donors (Lipinski definition) is 1. The number of esters is 1. The van der Waals surface area contributed by atoms with Crippen molar-refractivity contribution in [2.24, 2.45) is 0 Å². The Bertz CT molecular complexity index is 1140. The Labute approximate surface area is 180 Å². The molecule has 29 heavy (non-hydrogen) atoms. The Hall–Kier alpha value is -2.42. The normalized spacial score (nSPS) is 10.9. The van der Waals surface area contributed by atoms with Crippen LogP contribution < -0.4 is 10.9 Å². The fraction of sp³-hybridized carbons (Fsp3) is 0.263. The molecule has 0 aliphatic carbocycles. The van der Waals surface area contributed by atoms with Crippen molar-refractivity contribution < 1.29 is 14.3 Å². The molecular formula is C19H17Cl2N3O4S. The Morgan fingerprint density at radius 3 is 2.62 bits per heavy atom. The molecule has 0 fully saturated rings. The molecule has 1 amide bonds. The highest BCUT2D eigenvalue weighted by atomic mass is 35.5. The van der Waals surface area contributed by atoms with Crippen molar-refractivity contribution in [3.05, 3.63) is 55.4 Å². The number of rotatable bonds is 6. The molecule has 3 aromatic rings. The summed E-state index contributed by atoms with van der Waals surface area (Å²) >= 11 is 13.2. The van der Waals surface area contributed by atoms with Gasteiger partial charge in [0, 0.05) is 13.0 Å². The van der Waals surface area contributed by atoms with Crippen LogP contribution in [-0.2, 0) is 16.1 Å².